The van der Waals surface area contributed by atoms with Gasteiger partial charge in [-0.05, 0) is 24.3 Å². The number of carbonyl (C=O) groups excluding carboxylic acids is 1. The molecule has 2 aromatic carbocycles. The van der Waals surface area contributed by atoms with Crippen molar-refractivity contribution < 1.29 is 9.53 Å². The van der Waals surface area contributed by atoms with Crippen molar-refractivity contribution in [3.8, 4) is 11.1 Å². The molecule has 4 rings (SSSR count). The molecular weight excluding hydrogens is 427 g/mol. The second kappa shape index (κ2) is 8.41. The van der Waals surface area contributed by atoms with E-state index in [0.717, 1.165) is 27.7 Å². The highest BCUT2D eigenvalue weighted by Gasteiger charge is 2.17. The van der Waals surface area contributed by atoms with Crippen LogP contribution < -0.4 is 0 Å². The molecule has 2 aromatic heterocycles. The van der Waals surface area contributed by atoms with Crippen LogP contribution in [-0.2, 0) is 29.5 Å². The molecule has 0 saturated heterocycles. The molecule has 0 N–H and O–H groups in total. The van der Waals surface area contributed by atoms with E-state index in [0.29, 0.717) is 29.0 Å². The third-order valence-corrected chi connectivity index (χ3v) is 5.15. The van der Waals surface area contributed by atoms with Crippen LogP contribution in [0, 0.1) is 0 Å². The number of hydrogen-bond acceptors (Lipinski definition) is 6. The van der Waals surface area contributed by atoms with Crippen molar-refractivity contribution in [3.63, 3.8) is 0 Å². The molecule has 10 heteroatoms. The van der Waals surface area contributed by atoms with Crippen molar-refractivity contribution in [3.05, 3.63) is 58.0 Å². The van der Waals surface area contributed by atoms with E-state index in [2.05, 4.69) is 15.4 Å². The first-order chi connectivity index (χ1) is 14.5. The first-order valence-corrected chi connectivity index (χ1v) is 10.0. The number of nitrogens with zero attached hydrogens (tertiary/aromatic N) is 6. The minimum Gasteiger partial charge on any atom is -0.466 e. The largest absolute Gasteiger partial charge is 0.466 e. The number of rotatable bonds is 6. The van der Waals surface area contributed by atoms with E-state index >= 15 is 0 Å². The third-order valence-electron chi connectivity index (χ3n) is 4.60. The summed E-state index contributed by atoms with van der Waals surface area (Å²) in [7, 11) is 1.86. The molecule has 0 bridgehead atoms. The molecule has 0 saturated carbocycles. The number of hydrogen-bond donors (Lipinski definition) is 0. The van der Waals surface area contributed by atoms with Crippen LogP contribution in [0.2, 0.25) is 10.0 Å². The van der Waals surface area contributed by atoms with E-state index < -0.39 is 0 Å². The zero-order valence-corrected chi connectivity index (χ0v) is 17.9. The summed E-state index contributed by atoms with van der Waals surface area (Å²) in [6.07, 6.45) is -0.0147. The summed E-state index contributed by atoms with van der Waals surface area (Å²) in [5, 5.41) is 19.0. The summed E-state index contributed by atoms with van der Waals surface area (Å²) in [6.45, 7) is 2.41. The second-order valence-corrected chi connectivity index (χ2v) is 7.46. The van der Waals surface area contributed by atoms with Crippen molar-refractivity contribution >= 4 is 40.1 Å². The highest BCUT2D eigenvalue weighted by molar-refractivity contribution is 6.36. The molecule has 0 amide bonds. The summed E-state index contributed by atoms with van der Waals surface area (Å²) in [4.78, 5) is 13.1. The van der Waals surface area contributed by atoms with Gasteiger partial charge in [-0.3, -0.25) is 9.48 Å². The number of carbonyl (C=O) groups is 1. The molecule has 0 atom stereocenters. The Kier molecular flexibility index (Phi) is 5.69. The lowest BCUT2D eigenvalue weighted by molar-refractivity contribution is -0.142. The van der Waals surface area contributed by atoms with Gasteiger partial charge in [-0.25, -0.2) is 0 Å². The third kappa shape index (κ3) is 4.01. The number of halogens is 2. The number of ether oxygens (including phenoxy) is 1. The fourth-order valence-electron chi connectivity index (χ4n) is 3.27. The fraction of sp³-hybridized carbons (Fsp3) is 0.250. The molecule has 2 heterocycles. The zero-order chi connectivity index (χ0) is 21.3. The molecule has 0 radical (unpaired) electrons. The lowest BCUT2D eigenvalue weighted by atomic mass is 10.0. The first-order valence-electron chi connectivity index (χ1n) is 9.28. The molecular formula is C20H18Cl2N6O2. The van der Waals surface area contributed by atoms with E-state index in [1.54, 1.807) is 23.7 Å². The number of esters is 1. The minimum atomic E-state index is -0.382. The van der Waals surface area contributed by atoms with Gasteiger partial charge in [0.1, 0.15) is 18.5 Å². The topological polar surface area (TPSA) is 87.7 Å². The van der Waals surface area contributed by atoms with Gasteiger partial charge in [0.05, 0.1) is 12.3 Å². The van der Waals surface area contributed by atoms with E-state index in [4.69, 9.17) is 33.0 Å². The van der Waals surface area contributed by atoms with Gasteiger partial charge < -0.3 is 4.74 Å². The van der Waals surface area contributed by atoms with Gasteiger partial charge in [0.25, 0.3) is 0 Å². The quantitative estimate of drug-likeness (QED) is 0.421. The molecule has 0 fully saturated rings. The lowest BCUT2D eigenvalue weighted by Gasteiger charge is -2.06. The normalized spacial score (nSPS) is 11.2. The SMILES string of the molecule is CCOC(=O)Cc1nnn(Cc2c3cccc(-c4ccc(Cl)cc4Cl)c3nn2C)n1. The number of tetrazole rings is 1. The van der Waals surface area contributed by atoms with Crippen molar-refractivity contribution in [2.45, 2.75) is 19.9 Å². The molecule has 8 nitrogen and oxygen atoms in total. The van der Waals surface area contributed by atoms with E-state index in [9.17, 15) is 4.79 Å². The Morgan fingerprint density at radius 3 is 2.73 bits per heavy atom. The summed E-state index contributed by atoms with van der Waals surface area (Å²) in [5.74, 6) is -0.0684. The molecule has 0 aliphatic rings. The smallest absolute Gasteiger partial charge is 0.313 e. The van der Waals surface area contributed by atoms with Crippen molar-refractivity contribution in [2.75, 3.05) is 6.61 Å². The van der Waals surface area contributed by atoms with Gasteiger partial charge in [-0.15, -0.1) is 10.2 Å². The van der Waals surface area contributed by atoms with Crippen LogP contribution in [0.3, 0.4) is 0 Å². The van der Waals surface area contributed by atoms with Crippen LogP contribution in [-0.4, -0.2) is 42.6 Å². The zero-order valence-electron chi connectivity index (χ0n) is 16.3. The molecule has 0 unspecified atom stereocenters. The van der Waals surface area contributed by atoms with Gasteiger partial charge in [0.15, 0.2) is 5.82 Å². The summed E-state index contributed by atoms with van der Waals surface area (Å²) >= 11 is 12.5. The maximum Gasteiger partial charge on any atom is 0.313 e. The Morgan fingerprint density at radius 1 is 1.13 bits per heavy atom. The molecule has 0 aliphatic heterocycles. The van der Waals surface area contributed by atoms with Crippen molar-refractivity contribution in [1.29, 1.82) is 0 Å². The van der Waals surface area contributed by atoms with Crippen LogP contribution in [0.25, 0.3) is 22.0 Å². The van der Waals surface area contributed by atoms with Gasteiger partial charge >= 0.3 is 5.97 Å². The molecule has 4 aromatic rings. The van der Waals surface area contributed by atoms with E-state index in [1.165, 1.54) is 4.80 Å². The van der Waals surface area contributed by atoms with Crippen LogP contribution in [0.15, 0.2) is 36.4 Å². The predicted octanol–water partition coefficient (Wildman–Crippen LogP) is 3.69. The average Bonchev–Trinajstić information content (AvgIpc) is 3.26. The Balaban J connectivity index is 1.67. The van der Waals surface area contributed by atoms with E-state index in [1.807, 2.05) is 31.3 Å². The molecule has 154 valence electrons. The predicted molar refractivity (Wildman–Crippen MR) is 113 cm³/mol. The Bertz CT molecular complexity index is 1230. The van der Waals surface area contributed by atoms with Crippen molar-refractivity contribution in [1.82, 2.24) is 30.0 Å². The minimum absolute atomic E-state index is 0.0147. The van der Waals surface area contributed by atoms with Gasteiger partial charge in [0.2, 0.25) is 0 Å². The Hall–Kier alpha value is -2.97. The average molecular weight is 445 g/mol. The van der Waals surface area contributed by atoms with E-state index in [-0.39, 0.29) is 12.4 Å². The number of fused-ring (bicyclic) bond motifs is 1. The number of aromatic nitrogens is 6. The molecule has 30 heavy (non-hydrogen) atoms. The number of aryl methyl sites for hydroxylation is 1. The van der Waals surface area contributed by atoms with Crippen LogP contribution in [0.1, 0.15) is 18.4 Å². The van der Waals surface area contributed by atoms with Gasteiger partial charge in [0, 0.05) is 33.6 Å². The highest BCUT2D eigenvalue weighted by Crippen LogP contribution is 2.35. The lowest BCUT2D eigenvalue weighted by Crippen LogP contribution is -2.11. The molecule has 0 aliphatic carbocycles. The van der Waals surface area contributed by atoms with Crippen LogP contribution in [0.4, 0.5) is 0 Å². The monoisotopic (exact) mass is 444 g/mol. The first kappa shape index (κ1) is 20.3. The summed E-state index contributed by atoms with van der Waals surface area (Å²) < 4.78 is 6.70. The molecule has 0 spiro atoms. The maximum absolute atomic E-state index is 11.6. The van der Waals surface area contributed by atoms with Crippen molar-refractivity contribution in [2.24, 2.45) is 7.05 Å². The highest BCUT2D eigenvalue weighted by atomic mass is 35.5. The Morgan fingerprint density at radius 2 is 1.97 bits per heavy atom. The fourth-order valence-corrected chi connectivity index (χ4v) is 3.78. The standard InChI is InChI=1S/C20H18Cl2N6O2/c1-3-30-19(29)10-18-23-26-28(24-18)11-17-15-6-4-5-14(20(15)25-27(17)2)13-8-7-12(21)9-16(13)22/h4-9H,3,10-11H2,1-2H3. The maximum atomic E-state index is 11.6. The second-order valence-electron chi connectivity index (χ2n) is 6.61. The van der Waals surface area contributed by atoms with Crippen LogP contribution in [0.5, 0.6) is 0 Å². The Labute approximate surface area is 182 Å². The summed E-state index contributed by atoms with van der Waals surface area (Å²) in [5.41, 5.74) is 3.47. The van der Waals surface area contributed by atoms with Gasteiger partial charge in [-0.2, -0.15) is 9.90 Å². The van der Waals surface area contributed by atoms with Crippen LogP contribution >= 0.6 is 23.2 Å². The van der Waals surface area contributed by atoms with Gasteiger partial charge in [-0.1, -0.05) is 47.5 Å². The summed E-state index contributed by atoms with van der Waals surface area (Å²) in [6, 6.07) is 11.3. The number of benzene rings is 2.